The summed E-state index contributed by atoms with van der Waals surface area (Å²) >= 11 is 5.99. The number of halogens is 1. The topological polar surface area (TPSA) is 55.5 Å². The number of hydrogen-bond donors (Lipinski definition) is 2. The fourth-order valence-corrected chi connectivity index (χ4v) is 1.67. The number of ether oxygens (including phenoxy) is 1. The van der Waals surface area contributed by atoms with Crippen LogP contribution in [0.15, 0.2) is 12.1 Å². The Morgan fingerprint density at radius 1 is 1.53 bits per heavy atom. The van der Waals surface area contributed by atoms with E-state index in [-0.39, 0.29) is 6.54 Å². The van der Waals surface area contributed by atoms with Crippen LogP contribution < -0.4 is 10.5 Å². The van der Waals surface area contributed by atoms with E-state index < -0.39 is 6.10 Å². The van der Waals surface area contributed by atoms with E-state index in [9.17, 15) is 5.11 Å². The molecule has 1 rings (SSSR count). The zero-order valence-electron chi connectivity index (χ0n) is 8.96. The molecule has 0 amide bonds. The molecule has 0 fully saturated rings. The van der Waals surface area contributed by atoms with Crippen LogP contribution in [0.25, 0.3) is 0 Å². The van der Waals surface area contributed by atoms with Crippen LogP contribution in [0.2, 0.25) is 5.02 Å². The molecule has 15 heavy (non-hydrogen) atoms. The number of aliphatic hydroxyl groups is 1. The van der Waals surface area contributed by atoms with E-state index in [2.05, 4.69) is 0 Å². The molecule has 0 aliphatic heterocycles. The van der Waals surface area contributed by atoms with Gasteiger partial charge in [0.25, 0.3) is 0 Å². The Labute approximate surface area is 94.8 Å². The summed E-state index contributed by atoms with van der Waals surface area (Å²) in [6, 6.07) is 3.68. The number of hydrogen-bond acceptors (Lipinski definition) is 3. The van der Waals surface area contributed by atoms with Gasteiger partial charge < -0.3 is 15.6 Å². The standard InChI is InChI=1S/C11H16ClNO2/c1-7-3-11(15-2)10(12)5-8(7)4-9(14)6-13/h3,5,9,14H,4,6,13H2,1-2H3. The summed E-state index contributed by atoms with van der Waals surface area (Å²) in [6.45, 7) is 2.21. The molecule has 3 nitrogen and oxygen atoms in total. The monoisotopic (exact) mass is 229 g/mol. The molecule has 0 aliphatic rings. The minimum absolute atomic E-state index is 0.253. The van der Waals surface area contributed by atoms with Gasteiger partial charge in [-0.2, -0.15) is 0 Å². The number of methoxy groups -OCH3 is 1. The van der Waals surface area contributed by atoms with Gasteiger partial charge in [-0.25, -0.2) is 0 Å². The molecule has 0 saturated carbocycles. The fraction of sp³-hybridized carbons (Fsp3) is 0.455. The van der Waals surface area contributed by atoms with Crippen molar-refractivity contribution in [1.82, 2.24) is 0 Å². The maximum absolute atomic E-state index is 9.45. The van der Waals surface area contributed by atoms with Crippen LogP contribution in [-0.2, 0) is 6.42 Å². The molecule has 0 spiro atoms. The summed E-state index contributed by atoms with van der Waals surface area (Å²) in [6.07, 6.45) is -0.000332. The lowest BCUT2D eigenvalue weighted by Crippen LogP contribution is -2.22. The van der Waals surface area contributed by atoms with Gasteiger partial charge >= 0.3 is 0 Å². The van der Waals surface area contributed by atoms with Crippen molar-refractivity contribution in [2.45, 2.75) is 19.4 Å². The molecule has 0 heterocycles. The van der Waals surface area contributed by atoms with Gasteiger partial charge in [-0.1, -0.05) is 11.6 Å². The van der Waals surface area contributed by atoms with Gasteiger partial charge in [-0.15, -0.1) is 0 Å². The molecular weight excluding hydrogens is 214 g/mol. The van der Waals surface area contributed by atoms with E-state index >= 15 is 0 Å². The zero-order chi connectivity index (χ0) is 11.4. The van der Waals surface area contributed by atoms with Gasteiger partial charge in [0.2, 0.25) is 0 Å². The summed E-state index contributed by atoms with van der Waals surface area (Å²) in [4.78, 5) is 0. The van der Waals surface area contributed by atoms with Gasteiger partial charge in [-0.3, -0.25) is 0 Å². The third-order valence-electron chi connectivity index (χ3n) is 2.34. The van der Waals surface area contributed by atoms with Crippen molar-refractivity contribution in [1.29, 1.82) is 0 Å². The fourth-order valence-electron chi connectivity index (χ4n) is 1.41. The molecule has 4 heteroatoms. The average molecular weight is 230 g/mol. The molecule has 0 saturated heterocycles. The van der Waals surface area contributed by atoms with Crippen LogP contribution in [0, 0.1) is 6.92 Å². The molecule has 1 aromatic rings. The van der Waals surface area contributed by atoms with Crippen LogP contribution in [-0.4, -0.2) is 24.9 Å². The first-order valence-corrected chi connectivity index (χ1v) is 5.17. The molecular formula is C11H16ClNO2. The van der Waals surface area contributed by atoms with Crippen molar-refractivity contribution < 1.29 is 9.84 Å². The molecule has 84 valence electrons. The maximum atomic E-state index is 9.45. The second-order valence-electron chi connectivity index (χ2n) is 3.51. The summed E-state index contributed by atoms with van der Waals surface area (Å²) < 4.78 is 5.09. The molecule has 1 atom stereocenters. The molecule has 0 aromatic heterocycles. The Morgan fingerprint density at radius 2 is 2.20 bits per heavy atom. The predicted octanol–water partition coefficient (Wildman–Crippen LogP) is 1.52. The smallest absolute Gasteiger partial charge is 0.137 e. The Hall–Kier alpha value is -0.770. The highest BCUT2D eigenvalue weighted by Gasteiger charge is 2.09. The lowest BCUT2D eigenvalue weighted by atomic mass is 10.0. The van der Waals surface area contributed by atoms with Crippen molar-refractivity contribution in [3.05, 3.63) is 28.3 Å². The Kier molecular flexibility index (Phi) is 4.39. The molecule has 3 N–H and O–H groups in total. The number of aryl methyl sites for hydroxylation is 1. The lowest BCUT2D eigenvalue weighted by molar-refractivity contribution is 0.183. The first-order chi connectivity index (χ1) is 7.08. The predicted molar refractivity (Wildman–Crippen MR) is 61.5 cm³/mol. The minimum Gasteiger partial charge on any atom is -0.495 e. The van der Waals surface area contributed by atoms with Gasteiger partial charge in [0, 0.05) is 6.54 Å². The van der Waals surface area contributed by atoms with E-state index in [1.165, 1.54) is 0 Å². The van der Waals surface area contributed by atoms with E-state index in [0.717, 1.165) is 11.1 Å². The van der Waals surface area contributed by atoms with Gasteiger partial charge in [0.1, 0.15) is 5.75 Å². The van der Waals surface area contributed by atoms with Crippen molar-refractivity contribution in [2.75, 3.05) is 13.7 Å². The van der Waals surface area contributed by atoms with Gasteiger partial charge in [0.05, 0.1) is 18.2 Å². The second-order valence-corrected chi connectivity index (χ2v) is 3.91. The van der Waals surface area contributed by atoms with Crippen LogP contribution >= 0.6 is 11.6 Å². The van der Waals surface area contributed by atoms with Gasteiger partial charge in [0.15, 0.2) is 0 Å². The number of nitrogens with two attached hydrogens (primary N) is 1. The Balaban J connectivity index is 2.95. The zero-order valence-corrected chi connectivity index (χ0v) is 9.71. The summed E-state index contributed by atoms with van der Waals surface area (Å²) in [5.74, 6) is 0.653. The third kappa shape index (κ3) is 3.09. The van der Waals surface area contributed by atoms with Crippen LogP contribution in [0.3, 0.4) is 0 Å². The largest absolute Gasteiger partial charge is 0.495 e. The van der Waals surface area contributed by atoms with E-state index in [4.69, 9.17) is 22.1 Å². The summed E-state index contributed by atoms with van der Waals surface area (Å²) in [7, 11) is 1.58. The third-order valence-corrected chi connectivity index (χ3v) is 2.63. The van der Waals surface area contributed by atoms with Crippen LogP contribution in [0.4, 0.5) is 0 Å². The number of rotatable bonds is 4. The summed E-state index contributed by atoms with van der Waals surface area (Å²) in [5, 5.41) is 10.0. The number of benzene rings is 1. The van der Waals surface area contributed by atoms with E-state index in [1.807, 2.05) is 19.1 Å². The van der Waals surface area contributed by atoms with E-state index in [0.29, 0.717) is 17.2 Å². The molecule has 1 unspecified atom stereocenters. The van der Waals surface area contributed by atoms with Crippen molar-refractivity contribution in [3.63, 3.8) is 0 Å². The second kappa shape index (κ2) is 5.35. The number of aliphatic hydroxyl groups excluding tert-OH is 1. The molecule has 0 bridgehead atoms. The van der Waals surface area contributed by atoms with Crippen LogP contribution in [0.5, 0.6) is 5.75 Å². The van der Waals surface area contributed by atoms with Gasteiger partial charge in [-0.05, 0) is 36.6 Å². The first kappa shape index (κ1) is 12.3. The first-order valence-electron chi connectivity index (χ1n) is 4.79. The normalized spacial score (nSPS) is 12.6. The highest BCUT2D eigenvalue weighted by atomic mass is 35.5. The molecule has 1 aromatic carbocycles. The molecule has 0 aliphatic carbocycles. The Bertz CT molecular complexity index is 342. The highest BCUT2D eigenvalue weighted by Crippen LogP contribution is 2.28. The molecule has 0 radical (unpaired) electrons. The maximum Gasteiger partial charge on any atom is 0.137 e. The minimum atomic E-state index is -0.520. The Morgan fingerprint density at radius 3 is 2.73 bits per heavy atom. The lowest BCUT2D eigenvalue weighted by Gasteiger charge is -2.12. The summed E-state index contributed by atoms with van der Waals surface area (Å²) in [5.41, 5.74) is 7.40. The van der Waals surface area contributed by atoms with Crippen LogP contribution in [0.1, 0.15) is 11.1 Å². The van der Waals surface area contributed by atoms with E-state index in [1.54, 1.807) is 7.11 Å². The quantitative estimate of drug-likeness (QED) is 0.823. The SMILES string of the molecule is COc1cc(C)c(CC(O)CN)cc1Cl. The van der Waals surface area contributed by atoms with Crippen molar-refractivity contribution in [2.24, 2.45) is 5.73 Å². The average Bonchev–Trinajstić information content (AvgIpc) is 2.22. The van der Waals surface area contributed by atoms with Crippen molar-refractivity contribution in [3.8, 4) is 5.75 Å². The highest BCUT2D eigenvalue weighted by molar-refractivity contribution is 6.32. The van der Waals surface area contributed by atoms with Crippen molar-refractivity contribution >= 4 is 11.6 Å².